The standard InChI is InChI=1S/C29H31N3O3/c33-27(22-9-2-1-3-10-22)30-24-15-18-31(19-16-24)28(34)23-12-7-17-32(20-23)29(35)26-14-6-11-21-8-4-5-13-25(21)26/h1-6,8-11,13-14,23-24H,7,12,15-20H2,(H,30,33). The Balaban J connectivity index is 1.18. The molecule has 2 aliphatic rings. The third-order valence-corrected chi connectivity index (χ3v) is 7.26. The van der Waals surface area contributed by atoms with Crippen LogP contribution in [0, 0.1) is 5.92 Å². The van der Waals surface area contributed by atoms with E-state index in [1.807, 2.05) is 82.6 Å². The highest BCUT2D eigenvalue weighted by molar-refractivity contribution is 6.07. The van der Waals surface area contributed by atoms with Gasteiger partial charge in [-0.15, -0.1) is 0 Å². The maximum absolute atomic E-state index is 13.4. The van der Waals surface area contributed by atoms with Crippen LogP contribution in [0.3, 0.4) is 0 Å². The van der Waals surface area contributed by atoms with Crippen molar-refractivity contribution in [3.8, 4) is 0 Å². The molecular weight excluding hydrogens is 438 g/mol. The molecule has 35 heavy (non-hydrogen) atoms. The summed E-state index contributed by atoms with van der Waals surface area (Å²) in [5.74, 6) is -0.0988. The van der Waals surface area contributed by atoms with E-state index in [-0.39, 0.29) is 29.7 Å². The van der Waals surface area contributed by atoms with Crippen molar-refractivity contribution in [1.82, 2.24) is 15.1 Å². The summed E-state index contributed by atoms with van der Waals surface area (Å²) >= 11 is 0. The topological polar surface area (TPSA) is 69.7 Å². The van der Waals surface area contributed by atoms with E-state index in [0.717, 1.165) is 36.5 Å². The van der Waals surface area contributed by atoms with Crippen LogP contribution in [-0.2, 0) is 4.79 Å². The Bertz CT molecular complexity index is 1210. The van der Waals surface area contributed by atoms with Gasteiger partial charge in [-0.1, -0.05) is 54.6 Å². The summed E-state index contributed by atoms with van der Waals surface area (Å²) in [5, 5.41) is 5.10. The number of carbonyl (C=O) groups excluding carboxylic acids is 3. The first-order chi connectivity index (χ1) is 17.1. The zero-order chi connectivity index (χ0) is 24.2. The quantitative estimate of drug-likeness (QED) is 0.625. The monoisotopic (exact) mass is 469 g/mol. The summed E-state index contributed by atoms with van der Waals surface area (Å²) in [4.78, 5) is 42.9. The van der Waals surface area contributed by atoms with Gasteiger partial charge in [0.1, 0.15) is 0 Å². The van der Waals surface area contributed by atoms with E-state index in [1.54, 1.807) is 0 Å². The van der Waals surface area contributed by atoms with Gasteiger partial charge in [-0.05, 0) is 54.7 Å². The van der Waals surface area contributed by atoms with Crippen LogP contribution in [-0.4, -0.2) is 59.7 Å². The lowest BCUT2D eigenvalue weighted by atomic mass is 9.94. The van der Waals surface area contributed by atoms with Crippen LogP contribution in [0.15, 0.2) is 72.8 Å². The first-order valence-corrected chi connectivity index (χ1v) is 12.5. The van der Waals surface area contributed by atoms with Gasteiger partial charge in [-0.3, -0.25) is 14.4 Å². The van der Waals surface area contributed by atoms with Gasteiger partial charge in [0.15, 0.2) is 0 Å². The first kappa shape index (κ1) is 23.1. The van der Waals surface area contributed by atoms with Crippen LogP contribution < -0.4 is 5.32 Å². The number of piperidine rings is 2. The third kappa shape index (κ3) is 5.06. The average Bonchev–Trinajstić information content (AvgIpc) is 2.93. The second-order valence-electron chi connectivity index (χ2n) is 9.56. The first-order valence-electron chi connectivity index (χ1n) is 12.5. The summed E-state index contributed by atoms with van der Waals surface area (Å²) in [5.41, 5.74) is 1.36. The predicted molar refractivity (Wildman–Crippen MR) is 136 cm³/mol. The number of fused-ring (bicyclic) bond motifs is 1. The molecule has 2 aliphatic heterocycles. The zero-order valence-electron chi connectivity index (χ0n) is 19.9. The number of hydrogen-bond donors (Lipinski definition) is 1. The largest absolute Gasteiger partial charge is 0.349 e. The lowest BCUT2D eigenvalue weighted by molar-refractivity contribution is -0.138. The number of nitrogens with one attached hydrogen (secondary N) is 1. The Morgan fingerprint density at radius 1 is 0.743 bits per heavy atom. The van der Waals surface area contributed by atoms with E-state index in [2.05, 4.69) is 5.32 Å². The number of carbonyl (C=O) groups is 3. The maximum atomic E-state index is 13.4. The minimum Gasteiger partial charge on any atom is -0.349 e. The van der Waals surface area contributed by atoms with Crippen molar-refractivity contribution < 1.29 is 14.4 Å². The van der Waals surface area contributed by atoms with E-state index in [0.29, 0.717) is 37.3 Å². The molecule has 0 radical (unpaired) electrons. The number of benzene rings is 3. The fourth-order valence-electron chi connectivity index (χ4n) is 5.31. The van der Waals surface area contributed by atoms with E-state index in [1.165, 1.54) is 0 Å². The number of hydrogen-bond acceptors (Lipinski definition) is 3. The third-order valence-electron chi connectivity index (χ3n) is 7.26. The Labute approximate surface area is 205 Å². The van der Waals surface area contributed by atoms with Gasteiger partial charge in [-0.25, -0.2) is 0 Å². The van der Waals surface area contributed by atoms with Crippen molar-refractivity contribution >= 4 is 28.5 Å². The molecule has 2 saturated heterocycles. The van der Waals surface area contributed by atoms with Crippen LogP contribution in [0.2, 0.25) is 0 Å². The second kappa shape index (κ2) is 10.3. The van der Waals surface area contributed by atoms with Gasteiger partial charge < -0.3 is 15.1 Å². The van der Waals surface area contributed by atoms with E-state index in [4.69, 9.17) is 0 Å². The van der Waals surface area contributed by atoms with Gasteiger partial charge in [0.25, 0.3) is 11.8 Å². The average molecular weight is 470 g/mol. The highest BCUT2D eigenvalue weighted by Gasteiger charge is 2.33. The molecule has 3 amide bonds. The van der Waals surface area contributed by atoms with E-state index in [9.17, 15) is 14.4 Å². The Hall–Kier alpha value is -3.67. The fourth-order valence-corrected chi connectivity index (χ4v) is 5.31. The van der Waals surface area contributed by atoms with E-state index < -0.39 is 0 Å². The molecule has 6 heteroatoms. The van der Waals surface area contributed by atoms with Gasteiger partial charge in [0, 0.05) is 43.3 Å². The molecule has 0 spiro atoms. The summed E-state index contributed by atoms with van der Waals surface area (Å²) in [6.07, 6.45) is 3.13. The van der Waals surface area contributed by atoms with Crippen LogP contribution in [0.1, 0.15) is 46.4 Å². The number of rotatable bonds is 4. The van der Waals surface area contributed by atoms with Crippen molar-refractivity contribution in [2.24, 2.45) is 5.92 Å². The molecule has 0 bridgehead atoms. The van der Waals surface area contributed by atoms with Crippen LogP contribution >= 0.6 is 0 Å². The van der Waals surface area contributed by atoms with Crippen LogP contribution in [0.4, 0.5) is 0 Å². The molecule has 3 aromatic rings. The minimum atomic E-state index is -0.168. The van der Waals surface area contributed by atoms with Gasteiger partial charge in [0.2, 0.25) is 5.91 Å². The Kier molecular flexibility index (Phi) is 6.80. The van der Waals surface area contributed by atoms with E-state index >= 15 is 0 Å². The summed E-state index contributed by atoms with van der Waals surface area (Å²) < 4.78 is 0. The van der Waals surface area contributed by atoms with Gasteiger partial charge in [0.05, 0.1) is 5.92 Å². The molecule has 6 nitrogen and oxygen atoms in total. The minimum absolute atomic E-state index is 0.00151. The molecule has 1 atom stereocenters. The fraction of sp³-hybridized carbons (Fsp3) is 0.345. The normalized spacial score (nSPS) is 18.9. The van der Waals surface area contributed by atoms with Crippen molar-refractivity contribution in [2.45, 2.75) is 31.7 Å². The molecule has 2 heterocycles. The molecule has 1 N–H and O–H groups in total. The van der Waals surface area contributed by atoms with Crippen molar-refractivity contribution in [3.63, 3.8) is 0 Å². The highest BCUT2D eigenvalue weighted by atomic mass is 16.2. The summed E-state index contributed by atoms with van der Waals surface area (Å²) in [6.45, 7) is 2.41. The molecular formula is C29H31N3O3. The molecule has 5 rings (SSSR count). The lowest BCUT2D eigenvalue weighted by Crippen LogP contribution is -2.51. The van der Waals surface area contributed by atoms with Crippen molar-refractivity contribution in [3.05, 3.63) is 83.9 Å². The molecule has 0 saturated carbocycles. The molecule has 3 aromatic carbocycles. The lowest BCUT2D eigenvalue weighted by Gasteiger charge is -2.38. The Morgan fingerprint density at radius 2 is 1.46 bits per heavy atom. The van der Waals surface area contributed by atoms with Crippen molar-refractivity contribution in [1.29, 1.82) is 0 Å². The Morgan fingerprint density at radius 3 is 2.26 bits per heavy atom. The maximum Gasteiger partial charge on any atom is 0.254 e. The predicted octanol–water partition coefficient (Wildman–Crippen LogP) is 4.11. The van der Waals surface area contributed by atoms with Crippen molar-refractivity contribution in [2.75, 3.05) is 26.2 Å². The summed E-state index contributed by atoms with van der Waals surface area (Å²) in [6, 6.07) is 23.0. The smallest absolute Gasteiger partial charge is 0.254 e. The molecule has 2 fully saturated rings. The highest BCUT2D eigenvalue weighted by Crippen LogP contribution is 2.25. The molecule has 0 aliphatic carbocycles. The van der Waals surface area contributed by atoms with Gasteiger partial charge >= 0.3 is 0 Å². The number of likely N-dealkylation sites (tertiary alicyclic amines) is 2. The SMILES string of the molecule is O=C(NC1CCN(C(=O)C2CCCN(C(=O)c3cccc4ccccc34)C2)CC1)c1ccccc1. The van der Waals surface area contributed by atoms with Crippen LogP contribution in [0.25, 0.3) is 10.8 Å². The molecule has 180 valence electrons. The number of amides is 3. The zero-order valence-corrected chi connectivity index (χ0v) is 19.9. The van der Waals surface area contributed by atoms with Gasteiger partial charge in [-0.2, -0.15) is 0 Å². The number of nitrogens with zero attached hydrogens (tertiary/aromatic N) is 2. The molecule has 0 aromatic heterocycles. The second-order valence-corrected chi connectivity index (χ2v) is 9.56. The summed E-state index contributed by atoms with van der Waals surface area (Å²) in [7, 11) is 0. The van der Waals surface area contributed by atoms with Crippen LogP contribution in [0.5, 0.6) is 0 Å². The molecule has 1 unspecified atom stereocenters.